The van der Waals surface area contributed by atoms with Crippen molar-refractivity contribution in [1.82, 2.24) is 18.7 Å². The van der Waals surface area contributed by atoms with Gasteiger partial charge in [0.15, 0.2) is 11.2 Å². The smallest absolute Gasteiger partial charge is 0.337 e. The fourth-order valence-electron chi connectivity index (χ4n) is 4.83. The number of nitrogens with two attached hydrogens (primary N) is 1. The van der Waals surface area contributed by atoms with Crippen molar-refractivity contribution in [3.05, 3.63) is 81.0 Å². The zero-order valence-electron chi connectivity index (χ0n) is 21.1. The van der Waals surface area contributed by atoms with Crippen LogP contribution in [-0.4, -0.2) is 44.9 Å². The number of rotatable bonds is 6. The Kier molecular flexibility index (Phi) is 6.84. The SMILES string of the molecule is CC#CCn1c(N2CCCC(N)C2)nc2c1c(=O)n(Cc1ccc(OC)cc1)c(=O)n2-c1ccccc1. The van der Waals surface area contributed by atoms with Crippen LogP contribution in [-0.2, 0) is 13.1 Å². The van der Waals surface area contributed by atoms with E-state index in [1.165, 1.54) is 9.13 Å². The maximum Gasteiger partial charge on any atom is 0.337 e. The average molecular weight is 499 g/mol. The predicted octanol–water partition coefficient (Wildman–Crippen LogP) is 2.36. The highest BCUT2D eigenvalue weighted by molar-refractivity contribution is 5.76. The van der Waals surface area contributed by atoms with Crippen molar-refractivity contribution in [2.45, 2.75) is 38.9 Å². The van der Waals surface area contributed by atoms with Crippen molar-refractivity contribution in [3.63, 3.8) is 0 Å². The third-order valence-electron chi connectivity index (χ3n) is 6.68. The fourth-order valence-corrected chi connectivity index (χ4v) is 4.83. The van der Waals surface area contributed by atoms with Crippen molar-refractivity contribution in [2.75, 3.05) is 25.1 Å². The van der Waals surface area contributed by atoms with Gasteiger partial charge in [0.2, 0.25) is 5.95 Å². The highest BCUT2D eigenvalue weighted by atomic mass is 16.5. The van der Waals surface area contributed by atoms with Gasteiger partial charge in [0, 0.05) is 19.1 Å². The van der Waals surface area contributed by atoms with Gasteiger partial charge in [0.05, 0.1) is 25.9 Å². The van der Waals surface area contributed by atoms with Crippen LogP contribution in [0.4, 0.5) is 5.95 Å². The molecule has 2 aromatic heterocycles. The summed E-state index contributed by atoms with van der Waals surface area (Å²) in [4.78, 5) is 34.8. The molecule has 0 amide bonds. The van der Waals surface area contributed by atoms with Crippen LogP contribution in [0, 0.1) is 11.8 Å². The number of aromatic nitrogens is 4. The van der Waals surface area contributed by atoms with Crippen LogP contribution in [0.5, 0.6) is 5.75 Å². The minimum Gasteiger partial charge on any atom is -0.497 e. The summed E-state index contributed by atoms with van der Waals surface area (Å²) in [5.74, 6) is 7.31. The summed E-state index contributed by atoms with van der Waals surface area (Å²) in [5.41, 5.74) is 7.52. The molecule has 0 spiro atoms. The number of para-hydroxylation sites is 1. The average Bonchev–Trinajstić information content (AvgIpc) is 3.30. The second kappa shape index (κ2) is 10.4. The molecule has 1 saturated heterocycles. The summed E-state index contributed by atoms with van der Waals surface area (Å²) in [6.07, 6.45) is 1.87. The number of benzene rings is 2. The summed E-state index contributed by atoms with van der Waals surface area (Å²) in [6.45, 7) is 3.54. The minimum atomic E-state index is -0.451. The number of ether oxygens (including phenoxy) is 1. The number of imidazole rings is 1. The van der Waals surface area contributed by atoms with E-state index in [0.29, 0.717) is 35.1 Å². The monoisotopic (exact) mass is 498 g/mol. The Bertz CT molecular complexity index is 1590. The Morgan fingerprint density at radius 2 is 1.84 bits per heavy atom. The van der Waals surface area contributed by atoms with Crippen LogP contribution < -0.4 is 26.6 Å². The number of hydrogen-bond acceptors (Lipinski definition) is 6. The lowest BCUT2D eigenvalue weighted by molar-refractivity contribution is 0.414. The molecule has 4 aromatic rings. The van der Waals surface area contributed by atoms with Gasteiger partial charge in [0.25, 0.3) is 5.56 Å². The molecule has 2 N–H and O–H groups in total. The van der Waals surface area contributed by atoms with Gasteiger partial charge < -0.3 is 15.4 Å². The van der Waals surface area contributed by atoms with E-state index in [-0.39, 0.29) is 19.1 Å². The molecule has 37 heavy (non-hydrogen) atoms. The van der Waals surface area contributed by atoms with E-state index in [9.17, 15) is 9.59 Å². The standard InChI is InChI=1S/C28H30N6O3/c1-3-4-17-32-24-25(30-27(32)31-16-8-9-21(29)19-31)34(22-10-6-5-7-11-22)28(36)33(26(24)35)18-20-12-14-23(37-2)15-13-20/h5-7,10-15,21H,8-9,16-19,29H2,1-2H3. The molecule has 0 bridgehead atoms. The second-order valence-corrected chi connectivity index (χ2v) is 9.14. The first kappa shape index (κ1) is 24.4. The summed E-state index contributed by atoms with van der Waals surface area (Å²) < 4.78 is 9.86. The maximum atomic E-state index is 14.0. The molecule has 190 valence electrons. The number of methoxy groups -OCH3 is 1. The van der Waals surface area contributed by atoms with E-state index in [4.69, 9.17) is 15.5 Å². The quantitative estimate of drug-likeness (QED) is 0.410. The van der Waals surface area contributed by atoms with Crippen molar-refractivity contribution in [1.29, 1.82) is 0 Å². The molecule has 0 radical (unpaired) electrons. The lowest BCUT2D eigenvalue weighted by atomic mass is 10.1. The molecule has 5 rings (SSSR count). The first-order valence-electron chi connectivity index (χ1n) is 12.4. The lowest BCUT2D eigenvalue weighted by Crippen LogP contribution is -2.44. The van der Waals surface area contributed by atoms with Crippen molar-refractivity contribution in [2.24, 2.45) is 5.73 Å². The highest BCUT2D eigenvalue weighted by Crippen LogP contribution is 2.24. The molecule has 9 heteroatoms. The Hall–Kier alpha value is -4.29. The van der Waals surface area contributed by atoms with E-state index >= 15 is 0 Å². The fraction of sp³-hybridized carbons (Fsp3) is 0.321. The van der Waals surface area contributed by atoms with Crippen molar-refractivity contribution < 1.29 is 4.74 Å². The molecule has 9 nitrogen and oxygen atoms in total. The molecular weight excluding hydrogens is 468 g/mol. The zero-order chi connectivity index (χ0) is 25.9. The van der Waals surface area contributed by atoms with Crippen molar-refractivity contribution >= 4 is 17.1 Å². The molecule has 3 heterocycles. The third-order valence-corrected chi connectivity index (χ3v) is 6.68. The Morgan fingerprint density at radius 1 is 1.08 bits per heavy atom. The van der Waals surface area contributed by atoms with Gasteiger partial charge in [-0.3, -0.25) is 13.9 Å². The van der Waals surface area contributed by atoms with Crippen LogP contribution in [0.15, 0.2) is 64.2 Å². The molecule has 1 aliphatic heterocycles. The summed E-state index contributed by atoms with van der Waals surface area (Å²) in [7, 11) is 1.60. The highest BCUT2D eigenvalue weighted by Gasteiger charge is 2.27. The van der Waals surface area contributed by atoms with E-state index in [1.807, 2.05) is 59.2 Å². The summed E-state index contributed by atoms with van der Waals surface area (Å²) >= 11 is 0. The predicted molar refractivity (Wildman–Crippen MR) is 145 cm³/mol. The van der Waals surface area contributed by atoms with Crippen molar-refractivity contribution in [3.8, 4) is 23.3 Å². The molecule has 0 aliphatic carbocycles. The van der Waals surface area contributed by atoms with Gasteiger partial charge in [-0.15, -0.1) is 5.92 Å². The molecular formula is C28H30N6O3. The Balaban J connectivity index is 1.79. The third kappa shape index (κ3) is 4.63. The van der Waals surface area contributed by atoms with Gasteiger partial charge in [-0.25, -0.2) is 9.36 Å². The largest absolute Gasteiger partial charge is 0.497 e. The maximum absolute atomic E-state index is 14.0. The molecule has 1 atom stereocenters. The molecule has 2 aromatic carbocycles. The Labute approximate surface area is 214 Å². The van der Waals surface area contributed by atoms with Crippen LogP contribution in [0.3, 0.4) is 0 Å². The number of fused-ring (bicyclic) bond motifs is 1. The normalized spacial score (nSPS) is 15.4. The Morgan fingerprint density at radius 3 is 2.51 bits per heavy atom. The van der Waals surface area contributed by atoms with E-state index in [2.05, 4.69) is 16.7 Å². The first-order chi connectivity index (χ1) is 18.0. The molecule has 0 saturated carbocycles. The van der Waals surface area contributed by atoms with E-state index in [0.717, 1.165) is 24.9 Å². The summed E-state index contributed by atoms with van der Waals surface area (Å²) in [6, 6.07) is 16.6. The molecule has 1 aliphatic rings. The minimum absolute atomic E-state index is 0.0160. The number of hydrogen-bond donors (Lipinski definition) is 1. The number of anilines is 1. The second-order valence-electron chi connectivity index (χ2n) is 9.14. The van der Waals surface area contributed by atoms with E-state index in [1.54, 1.807) is 14.0 Å². The van der Waals surface area contributed by atoms with Gasteiger partial charge in [-0.1, -0.05) is 36.3 Å². The van der Waals surface area contributed by atoms with Crippen LogP contribution in [0.25, 0.3) is 16.9 Å². The van der Waals surface area contributed by atoms with E-state index < -0.39 is 11.2 Å². The topological polar surface area (TPSA) is 100 Å². The van der Waals surface area contributed by atoms with Gasteiger partial charge >= 0.3 is 5.69 Å². The first-order valence-corrected chi connectivity index (χ1v) is 12.4. The number of piperidine rings is 1. The summed E-state index contributed by atoms with van der Waals surface area (Å²) in [5, 5.41) is 0. The molecule has 1 unspecified atom stereocenters. The lowest BCUT2D eigenvalue weighted by Gasteiger charge is -2.31. The van der Waals surface area contributed by atoms with Crippen LogP contribution in [0.2, 0.25) is 0 Å². The zero-order valence-corrected chi connectivity index (χ0v) is 21.1. The number of nitrogens with zero attached hydrogens (tertiary/aromatic N) is 5. The van der Waals surface area contributed by atoms with Gasteiger partial charge in [-0.2, -0.15) is 4.98 Å². The van der Waals surface area contributed by atoms with Crippen LogP contribution in [0.1, 0.15) is 25.3 Å². The van der Waals surface area contributed by atoms with Crippen LogP contribution >= 0.6 is 0 Å². The molecule has 1 fully saturated rings. The van der Waals surface area contributed by atoms with Gasteiger partial charge in [0.1, 0.15) is 5.75 Å². The van der Waals surface area contributed by atoms with Gasteiger partial charge in [-0.05, 0) is 49.6 Å².